The van der Waals surface area contributed by atoms with Gasteiger partial charge in [-0.25, -0.2) is 9.18 Å². The number of halogens is 1. The maximum atomic E-state index is 13.5. The normalized spacial score (nSPS) is 27.0. The number of benzene rings is 1. The van der Waals surface area contributed by atoms with Crippen LogP contribution in [0.2, 0.25) is 0 Å². The van der Waals surface area contributed by atoms with Crippen LogP contribution in [0.3, 0.4) is 0 Å². The van der Waals surface area contributed by atoms with Crippen molar-refractivity contribution in [3.63, 3.8) is 0 Å². The van der Waals surface area contributed by atoms with Crippen LogP contribution in [0.25, 0.3) is 0 Å². The third kappa shape index (κ3) is 3.66. The summed E-state index contributed by atoms with van der Waals surface area (Å²) in [5.74, 6) is 0.595. The first-order valence-electron chi connectivity index (χ1n) is 8.81. The summed E-state index contributed by atoms with van der Waals surface area (Å²) < 4.78 is 31.2. The fourth-order valence-corrected chi connectivity index (χ4v) is 3.14. The molecule has 0 spiro atoms. The van der Waals surface area contributed by atoms with Crippen LogP contribution in [0.1, 0.15) is 34.1 Å². The molecular formula is C18H25BFNO5. The minimum Gasteiger partial charge on any atom is -0.491 e. The first-order chi connectivity index (χ1) is 12.1. The molecule has 8 heteroatoms. The molecule has 2 aliphatic rings. The van der Waals surface area contributed by atoms with Crippen LogP contribution in [0.4, 0.5) is 9.18 Å². The molecule has 3 rings (SSSR count). The summed E-state index contributed by atoms with van der Waals surface area (Å²) in [5.41, 5.74) is 0.0738. The zero-order valence-corrected chi connectivity index (χ0v) is 15.6. The van der Waals surface area contributed by atoms with Crippen molar-refractivity contribution in [2.24, 2.45) is 0 Å². The highest BCUT2D eigenvalue weighted by molar-refractivity contribution is 6.62. The van der Waals surface area contributed by atoms with Crippen molar-refractivity contribution in [1.82, 2.24) is 4.90 Å². The minimum absolute atomic E-state index is 0.0930. The highest BCUT2D eigenvalue weighted by Gasteiger charge is 2.51. The topological polar surface area (TPSA) is 68.2 Å². The fraction of sp³-hybridized carbons (Fsp3) is 0.611. The van der Waals surface area contributed by atoms with Crippen molar-refractivity contribution in [3.05, 3.63) is 24.3 Å². The minimum atomic E-state index is -1.13. The van der Waals surface area contributed by atoms with Crippen molar-refractivity contribution in [3.8, 4) is 5.75 Å². The van der Waals surface area contributed by atoms with E-state index in [1.54, 1.807) is 12.1 Å². The maximum absolute atomic E-state index is 13.5. The molecule has 2 heterocycles. The van der Waals surface area contributed by atoms with E-state index in [1.807, 2.05) is 39.8 Å². The van der Waals surface area contributed by atoms with Crippen LogP contribution in [0.5, 0.6) is 5.75 Å². The molecule has 2 saturated heterocycles. The van der Waals surface area contributed by atoms with E-state index in [0.29, 0.717) is 5.75 Å². The molecular weight excluding hydrogens is 340 g/mol. The largest absolute Gasteiger partial charge is 0.494 e. The number of carbonyl (C=O) groups is 1. The molecule has 1 aromatic carbocycles. The second-order valence-electron chi connectivity index (χ2n) is 7.89. The molecule has 1 amide bonds. The number of likely N-dealkylation sites (tertiary alicyclic amines) is 1. The van der Waals surface area contributed by atoms with Gasteiger partial charge in [0.05, 0.1) is 23.8 Å². The van der Waals surface area contributed by atoms with Crippen molar-refractivity contribution < 1.29 is 28.3 Å². The summed E-state index contributed by atoms with van der Waals surface area (Å²) in [6.45, 7) is 8.03. The molecule has 142 valence electrons. The quantitative estimate of drug-likeness (QED) is 0.831. The van der Waals surface area contributed by atoms with Gasteiger partial charge in [-0.05, 0) is 45.3 Å². The fourth-order valence-electron chi connectivity index (χ4n) is 3.14. The number of nitrogens with zero attached hydrogens (tertiary/aromatic N) is 1. The summed E-state index contributed by atoms with van der Waals surface area (Å²) in [6, 6.07) is 6.82. The predicted molar refractivity (Wildman–Crippen MR) is 95.7 cm³/mol. The number of ether oxygens (including phenoxy) is 1. The Kier molecular flexibility index (Phi) is 4.92. The molecule has 26 heavy (non-hydrogen) atoms. The van der Waals surface area contributed by atoms with Gasteiger partial charge in [0.15, 0.2) is 0 Å². The van der Waals surface area contributed by atoms with Gasteiger partial charge in [-0.1, -0.05) is 12.1 Å². The van der Waals surface area contributed by atoms with Crippen molar-refractivity contribution in [1.29, 1.82) is 0 Å². The second kappa shape index (κ2) is 6.74. The van der Waals surface area contributed by atoms with Crippen LogP contribution >= 0.6 is 0 Å². The average molecular weight is 365 g/mol. The van der Waals surface area contributed by atoms with Crippen LogP contribution < -0.4 is 10.2 Å². The van der Waals surface area contributed by atoms with Crippen molar-refractivity contribution in [2.45, 2.75) is 57.5 Å². The van der Waals surface area contributed by atoms with Crippen molar-refractivity contribution in [2.75, 3.05) is 13.2 Å². The summed E-state index contributed by atoms with van der Waals surface area (Å²) in [6.07, 6.45) is -2.08. The summed E-state index contributed by atoms with van der Waals surface area (Å²) in [7, 11) is -0.446. The van der Waals surface area contributed by atoms with Gasteiger partial charge in [0, 0.05) is 6.42 Å². The zero-order chi connectivity index (χ0) is 19.1. The summed E-state index contributed by atoms with van der Waals surface area (Å²) >= 11 is 0. The maximum Gasteiger partial charge on any atom is 0.494 e. The van der Waals surface area contributed by atoms with E-state index in [2.05, 4.69) is 0 Å². The number of hydrogen-bond acceptors (Lipinski definition) is 4. The molecule has 2 atom stereocenters. The van der Waals surface area contributed by atoms with Gasteiger partial charge in [-0.15, -0.1) is 0 Å². The predicted octanol–water partition coefficient (Wildman–Crippen LogP) is 2.46. The second-order valence-corrected chi connectivity index (χ2v) is 7.89. The number of hydrogen-bond donors (Lipinski definition) is 1. The van der Waals surface area contributed by atoms with Gasteiger partial charge in [0.25, 0.3) is 0 Å². The lowest BCUT2D eigenvalue weighted by Gasteiger charge is -2.32. The van der Waals surface area contributed by atoms with E-state index in [-0.39, 0.29) is 19.6 Å². The van der Waals surface area contributed by atoms with Gasteiger partial charge in [0.2, 0.25) is 0 Å². The van der Waals surface area contributed by atoms with Gasteiger partial charge in [-0.2, -0.15) is 0 Å². The molecule has 0 radical (unpaired) electrons. The van der Waals surface area contributed by atoms with Crippen LogP contribution in [0.15, 0.2) is 24.3 Å². The molecule has 0 unspecified atom stereocenters. The average Bonchev–Trinajstić information content (AvgIpc) is 3.03. The smallest absolute Gasteiger partial charge is 0.491 e. The van der Waals surface area contributed by atoms with Crippen molar-refractivity contribution >= 4 is 18.7 Å². The van der Waals surface area contributed by atoms with E-state index in [1.165, 1.54) is 0 Å². The highest BCUT2D eigenvalue weighted by atomic mass is 19.1. The lowest BCUT2D eigenvalue weighted by atomic mass is 9.79. The molecule has 0 aliphatic carbocycles. The van der Waals surface area contributed by atoms with E-state index < -0.39 is 36.6 Å². The van der Waals surface area contributed by atoms with E-state index in [0.717, 1.165) is 10.4 Å². The monoisotopic (exact) mass is 365 g/mol. The molecule has 1 aromatic rings. The Morgan fingerprint density at radius 2 is 1.85 bits per heavy atom. The Balaban J connectivity index is 1.60. The molecule has 2 fully saturated rings. The first-order valence-corrected chi connectivity index (χ1v) is 8.81. The molecule has 0 bridgehead atoms. The standard InChI is InChI=1S/C18H25BFNO5/c1-17(2)18(3,4)26-19(25-17)12-5-7-15(8-6-12)24-11-14-9-13(20)10-21(14)16(22)23/h5-8,13-14H,9-11H2,1-4H3,(H,22,23)/t13-,14-/m0/s1. The molecule has 2 aliphatic heterocycles. The summed E-state index contributed by atoms with van der Waals surface area (Å²) in [4.78, 5) is 12.2. The van der Waals surface area contributed by atoms with E-state index in [9.17, 15) is 9.18 Å². The Morgan fingerprint density at radius 1 is 1.27 bits per heavy atom. The Morgan fingerprint density at radius 3 is 2.38 bits per heavy atom. The Bertz CT molecular complexity index is 650. The first kappa shape index (κ1) is 19.0. The molecule has 6 nitrogen and oxygen atoms in total. The van der Waals surface area contributed by atoms with Gasteiger partial charge in [0.1, 0.15) is 18.5 Å². The van der Waals surface area contributed by atoms with E-state index >= 15 is 0 Å². The summed E-state index contributed by atoms with van der Waals surface area (Å²) in [5, 5.41) is 9.12. The highest BCUT2D eigenvalue weighted by Crippen LogP contribution is 2.36. The lowest BCUT2D eigenvalue weighted by Crippen LogP contribution is -2.41. The molecule has 0 saturated carbocycles. The Hall–Kier alpha value is -1.80. The number of amides is 1. The number of rotatable bonds is 4. The third-order valence-corrected chi connectivity index (χ3v) is 5.46. The van der Waals surface area contributed by atoms with Crippen LogP contribution in [-0.2, 0) is 9.31 Å². The number of carboxylic acid groups (broad SMARTS) is 1. The SMILES string of the molecule is CC1(C)OB(c2ccc(OC[C@@H]3C[C@H](F)CN3C(=O)O)cc2)OC1(C)C. The molecule has 1 N–H and O–H groups in total. The number of alkyl halides is 1. The molecule has 0 aromatic heterocycles. The van der Waals surface area contributed by atoms with Gasteiger partial charge in [-0.3, -0.25) is 4.90 Å². The lowest BCUT2D eigenvalue weighted by molar-refractivity contribution is 0.00578. The Labute approximate surface area is 153 Å². The van der Waals surface area contributed by atoms with Gasteiger partial charge >= 0.3 is 13.2 Å². The van der Waals surface area contributed by atoms with Gasteiger partial charge < -0.3 is 19.2 Å². The van der Waals surface area contributed by atoms with Crippen LogP contribution in [0, 0.1) is 0 Å². The van der Waals surface area contributed by atoms with E-state index in [4.69, 9.17) is 19.2 Å². The van der Waals surface area contributed by atoms with Crippen LogP contribution in [-0.4, -0.2) is 59.8 Å². The zero-order valence-electron chi connectivity index (χ0n) is 15.6. The third-order valence-electron chi connectivity index (χ3n) is 5.46.